The van der Waals surface area contributed by atoms with Crippen LogP contribution in [0.5, 0.6) is 0 Å². The SMILES string of the molecule is CCNCC(C)c1nc(-c2ccc(F)cc2)no1. The maximum absolute atomic E-state index is 12.8. The van der Waals surface area contributed by atoms with Crippen LogP contribution in [0.25, 0.3) is 11.4 Å². The first-order valence-electron chi connectivity index (χ1n) is 6.01. The van der Waals surface area contributed by atoms with Gasteiger partial charge < -0.3 is 9.84 Å². The predicted octanol–water partition coefficient (Wildman–Crippen LogP) is 2.59. The van der Waals surface area contributed by atoms with Gasteiger partial charge in [-0.1, -0.05) is 19.0 Å². The predicted molar refractivity (Wildman–Crippen MR) is 66.7 cm³/mol. The highest BCUT2D eigenvalue weighted by atomic mass is 19.1. The summed E-state index contributed by atoms with van der Waals surface area (Å²) in [5.41, 5.74) is 0.752. The average molecular weight is 249 g/mol. The Bertz CT molecular complexity index is 495. The van der Waals surface area contributed by atoms with E-state index in [0.29, 0.717) is 11.7 Å². The zero-order valence-corrected chi connectivity index (χ0v) is 10.5. The summed E-state index contributed by atoms with van der Waals surface area (Å²) in [6, 6.07) is 6.04. The van der Waals surface area contributed by atoms with Crippen molar-refractivity contribution in [2.24, 2.45) is 0 Å². The van der Waals surface area contributed by atoms with E-state index in [1.807, 2.05) is 13.8 Å². The molecule has 1 unspecified atom stereocenters. The number of nitrogens with one attached hydrogen (secondary N) is 1. The molecule has 0 bridgehead atoms. The van der Waals surface area contributed by atoms with Crippen molar-refractivity contribution in [1.29, 1.82) is 0 Å². The maximum Gasteiger partial charge on any atom is 0.231 e. The Labute approximate surface area is 105 Å². The van der Waals surface area contributed by atoms with Gasteiger partial charge in [-0.05, 0) is 30.8 Å². The molecule has 18 heavy (non-hydrogen) atoms. The fourth-order valence-corrected chi connectivity index (χ4v) is 1.60. The van der Waals surface area contributed by atoms with Crippen molar-refractivity contribution < 1.29 is 8.91 Å². The van der Waals surface area contributed by atoms with Crippen LogP contribution >= 0.6 is 0 Å². The number of hydrogen-bond acceptors (Lipinski definition) is 4. The van der Waals surface area contributed by atoms with Crippen molar-refractivity contribution in [2.45, 2.75) is 19.8 Å². The van der Waals surface area contributed by atoms with E-state index in [0.717, 1.165) is 18.7 Å². The largest absolute Gasteiger partial charge is 0.339 e. The molecule has 2 aromatic rings. The number of benzene rings is 1. The fourth-order valence-electron chi connectivity index (χ4n) is 1.60. The molecular formula is C13H16FN3O. The van der Waals surface area contributed by atoms with Crippen molar-refractivity contribution in [3.05, 3.63) is 36.0 Å². The van der Waals surface area contributed by atoms with E-state index in [1.165, 1.54) is 12.1 Å². The second kappa shape index (κ2) is 5.73. The van der Waals surface area contributed by atoms with Gasteiger partial charge in [-0.25, -0.2) is 4.39 Å². The van der Waals surface area contributed by atoms with E-state index in [2.05, 4.69) is 15.5 Å². The minimum atomic E-state index is -0.275. The number of rotatable bonds is 5. The van der Waals surface area contributed by atoms with Gasteiger partial charge in [0, 0.05) is 18.0 Å². The van der Waals surface area contributed by atoms with Gasteiger partial charge in [-0.2, -0.15) is 4.98 Å². The first kappa shape index (κ1) is 12.7. The summed E-state index contributed by atoms with van der Waals surface area (Å²) in [6.45, 7) is 5.76. The van der Waals surface area contributed by atoms with Crippen LogP contribution in [0.2, 0.25) is 0 Å². The van der Waals surface area contributed by atoms with Crippen molar-refractivity contribution in [1.82, 2.24) is 15.5 Å². The molecule has 5 heteroatoms. The lowest BCUT2D eigenvalue weighted by Gasteiger charge is -2.05. The number of nitrogens with zero attached hydrogens (tertiary/aromatic N) is 2. The van der Waals surface area contributed by atoms with Gasteiger partial charge in [0.05, 0.1) is 0 Å². The number of aromatic nitrogens is 2. The molecule has 0 amide bonds. The third-order valence-electron chi connectivity index (χ3n) is 2.67. The molecule has 1 aromatic heterocycles. The Kier molecular flexibility index (Phi) is 4.04. The Morgan fingerprint density at radius 3 is 2.72 bits per heavy atom. The number of hydrogen-bond donors (Lipinski definition) is 1. The molecule has 0 aliphatic rings. The first-order valence-corrected chi connectivity index (χ1v) is 6.01. The zero-order valence-electron chi connectivity index (χ0n) is 10.5. The Morgan fingerprint density at radius 2 is 2.06 bits per heavy atom. The standard InChI is InChI=1S/C13H16FN3O/c1-3-15-8-9(2)13-16-12(17-18-13)10-4-6-11(14)7-5-10/h4-7,9,15H,3,8H2,1-2H3. The van der Waals surface area contributed by atoms with E-state index in [4.69, 9.17) is 4.52 Å². The summed E-state index contributed by atoms with van der Waals surface area (Å²) < 4.78 is 18.0. The van der Waals surface area contributed by atoms with Gasteiger partial charge in [-0.3, -0.25) is 0 Å². The molecule has 1 heterocycles. The molecule has 1 atom stereocenters. The lowest BCUT2D eigenvalue weighted by atomic mass is 10.2. The summed E-state index contributed by atoms with van der Waals surface area (Å²) in [7, 11) is 0. The molecule has 0 saturated heterocycles. The number of halogens is 1. The highest BCUT2D eigenvalue weighted by Crippen LogP contribution is 2.19. The fraction of sp³-hybridized carbons (Fsp3) is 0.385. The van der Waals surface area contributed by atoms with E-state index >= 15 is 0 Å². The van der Waals surface area contributed by atoms with Gasteiger partial charge in [0.1, 0.15) is 5.82 Å². The van der Waals surface area contributed by atoms with Gasteiger partial charge in [0.15, 0.2) is 0 Å². The smallest absolute Gasteiger partial charge is 0.231 e. The minimum Gasteiger partial charge on any atom is -0.339 e. The summed E-state index contributed by atoms with van der Waals surface area (Å²) in [4.78, 5) is 4.32. The molecule has 0 saturated carbocycles. The molecule has 0 aliphatic carbocycles. The second-order valence-electron chi connectivity index (χ2n) is 4.17. The zero-order chi connectivity index (χ0) is 13.0. The summed E-state index contributed by atoms with van der Waals surface area (Å²) in [6.07, 6.45) is 0. The average Bonchev–Trinajstić information content (AvgIpc) is 2.86. The molecule has 2 rings (SSSR count). The number of likely N-dealkylation sites (N-methyl/N-ethyl adjacent to an activating group) is 1. The van der Waals surface area contributed by atoms with Crippen molar-refractivity contribution in [3.63, 3.8) is 0 Å². The summed E-state index contributed by atoms with van der Waals surface area (Å²) >= 11 is 0. The van der Waals surface area contributed by atoms with Crippen molar-refractivity contribution >= 4 is 0 Å². The molecule has 0 radical (unpaired) electrons. The molecular weight excluding hydrogens is 233 g/mol. The Morgan fingerprint density at radius 1 is 1.33 bits per heavy atom. The van der Waals surface area contributed by atoms with Crippen molar-refractivity contribution in [3.8, 4) is 11.4 Å². The first-order chi connectivity index (χ1) is 8.70. The van der Waals surface area contributed by atoms with E-state index in [-0.39, 0.29) is 11.7 Å². The van der Waals surface area contributed by atoms with Crippen LogP contribution in [0, 0.1) is 5.82 Å². The summed E-state index contributed by atoms with van der Waals surface area (Å²) in [5.74, 6) is 0.971. The van der Waals surface area contributed by atoms with Crippen LogP contribution in [0.4, 0.5) is 4.39 Å². The van der Waals surface area contributed by atoms with Crippen molar-refractivity contribution in [2.75, 3.05) is 13.1 Å². The van der Waals surface area contributed by atoms with E-state index < -0.39 is 0 Å². The lowest BCUT2D eigenvalue weighted by molar-refractivity contribution is 0.355. The minimum absolute atomic E-state index is 0.159. The van der Waals surface area contributed by atoms with E-state index in [1.54, 1.807) is 12.1 Å². The molecule has 1 N–H and O–H groups in total. The topological polar surface area (TPSA) is 51.0 Å². The normalized spacial score (nSPS) is 12.6. The van der Waals surface area contributed by atoms with Gasteiger partial charge in [0.25, 0.3) is 0 Å². The highest BCUT2D eigenvalue weighted by Gasteiger charge is 2.14. The van der Waals surface area contributed by atoms with E-state index in [9.17, 15) is 4.39 Å². The Balaban J connectivity index is 2.12. The molecule has 4 nitrogen and oxygen atoms in total. The van der Waals surface area contributed by atoms with Crippen LogP contribution in [0.3, 0.4) is 0 Å². The molecule has 0 spiro atoms. The summed E-state index contributed by atoms with van der Waals surface area (Å²) in [5, 5.41) is 7.13. The maximum atomic E-state index is 12.8. The van der Waals surface area contributed by atoms with Gasteiger partial charge >= 0.3 is 0 Å². The second-order valence-corrected chi connectivity index (χ2v) is 4.17. The molecule has 1 aromatic carbocycles. The quantitative estimate of drug-likeness (QED) is 0.884. The molecule has 0 aliphatic heterocycles. The molecule has 96 valence electrons. The van der Waals surface area contributed by atoms with Crippen LogP contribution in [0.1, 0.15) is 25.7 Å². The Hall–Kier alpha value is -1.75. The third kappa shape index (κ3) is 2.92. The highest BCUT2D eigenvalue weighted by molar-refractivity contribution is 5.53. The van der Waals surface area contributed by atoms with Crippen LogP contribution in [-0.4, -0.2) is 23.2 Å². The van der Waals surface area contributed by atoms with Gasteiger partial charge in [-0.15, -0.1) is 0 Å². The lowest BCUT2D eigenvalue weighted by Crippen LogP contribution is -2.19. The molecule has 0 fully saturated rings. The third-order valence-corrected chi connectivity index (χ3v) is 2.67. The van der Waals surface area contributed by atoms with Crippen LogP contribution in [0.15, 0.2) is 28.8 Å². The van der Waals surface area contributed by atoms with Crippen LogP contribution in [-0.2, 0) is 0 Å². The monoisotopic (exact) mass is 249 g/mol. The van der Waals surface area contributed by atoms with Gasteiger partial charge in [0.2, 0.25) is 11.7 Å². The van der Waals surface area contributed by atoms with Crippen LogP contribution < -0.4 is 5.32 Å².